The van der Waals surface area contributed by atoms with Crippen molar-refractivity contribution in [1.82, 2.24) is 14.8 Å². The fraction of sp³-hybridized carbons (Fsp3) is 0.267. The number of nitrogen functional groups attached to an aromatic ring is 1. The van der Waals surface area contributed by atoms with E-state index in [9.17, 15) is 9.18 Å². The van der Waals surface area contributed by atoms with Crippen molar-refractivity contribution in [2.75, 3.05) is 5.73 Å². The van der Waals surface area contributed by atoms with Crippen molar-refractivity contribution in [3.8, 4) is 0 Å². The van der Waals surface area contributed by atoms with E-state index in [-0.39, 0.29) is 11.4 Å². The number of aromatic nitrogens is 3. The second-order valence-electron chi connectivity index (χ2n) is 5.98. The van der Waals surface area contributed by atoms with Gasteiger partial charge in [-0.1, -0.05) is 11.3 Å². The maximum atomic E-state index is 13.6. The minimum Gasteiger partial charge on any atom is -0.456 e. The fourth-order valence-corrected chi connectivity index (χ4v) is 2.33. The highest BCUT2D eigenvalue weighted by atomic mass is 19.1. The Hall–Kier alpha value is -2.70. The van der Waals surface area contributed by atoms with Crippen LogP contribution in [0.5, 0.6) is 0 Å². The van der Waals surface area contributed by atoms with Gasteiger partial charge >= 0.3 is 5.97 Å². The summed E-state index contributed by atoms with van der Waals surface area (Å²) in [6.07, 6.45) is 1.47. The number of pyridine rings is 1. The van der Waals surface area contributed by atoms with Crippen molar-refractivity contribution in [2.24, 2.45) is 0 Å². The molecule has 3 aromatic rings. The molecule has 1 aromatic carbocycles. The molecule has 22 heavy (non-hydrogen) atoms. The molecule has 0 aliphatic carbocycles. The topological polar surface area (TPSA) is 82.5 Å². The van der Waals surface area contributed by atoms with Crippen molar-refractivity contribution in [3.63, 3.8) is 0 Å². The Morgan fingerprint density at radius 2 is 2.05 bits per heavy atom. The fourth-order valence-electron chi connectivity index (χ4n) is 2.33. The summed E-state index contributed by atoms with van der Waals surface area (Å²) in [5.74, 6) is -0.893. The Balaban J connectivity index is 2.36. The third-order valence-corrected chi connectivity index (χ3v) is 3.16. The molecule has 0 radical (unpaired) electrons. The highest BCUT2D eigenvalue weighted by Crippen LogP contribution is 2.30. The smallest absolute Gasteiger partial charge is 0.343 e. The highest BCUT2D eigenvalue weighted by Gasteiger charge is 2.25. The molecule has 2 N–H and O–H groups in total. The van der Waals surface area contributed by atoms with Crippen molar-refractivity contribution < 1.29 is 13.9 Å². The number of ether oxygens (including phenoxy) is 1. The largest absolute Gasteiger partial charge is 0.456 e. The van der Waals surface area contributed by atoms with E-state index in [2.05, 4.69) is 10.3 Å². The number of benzene rings is 1. The van der Waals surface area contributed by atoms with E-state index in [4.69, 9.17) is 10.5 Å². The van der Waals surface area contributed by atoms with Gasteiger partial charge in [-0.15, -0.1) is 5.10 Å². The first-order valence-corrected chi connectivity index (χ1v) is 6.72. The Morgan fingerprint density at radius 3 is 2.73 bits per heavy atom. The molecule has 0 saturated carbocycles. The van der Waals surface area contributed by atoms with Crippen LogP contribution in [-0.4, -0.2) is 26.4 Å². The van der Waals surface area contributed by atoms with E-state index < -0.39 is 17.4 Å². The molecule has 114 valence electrons. The molecule has 2 heterocycles. The Labute approximate surface area is 125 Å². The van der Waals surface area contributed by atoms with E-state index in [0.29, 0.717) is 16.3 Å². The van der Waals surface area contributed by atoms with Gasteiger partial charge in [-0.3, -0.25) is 0 Å². The number of nitrogens with two attached hydrogens (primary N) is 1. The number of nitrogens with zero attached hydrogens (tertiary/aromatic N) is 3. The van der Waals surface area contributed by atoms with Crippen LogP contribution in [0.15, 0.2) is 24.4 Å². The van der Waals surface area contributed by atoms with Crippen molar-refractivity contribution >= 4 is 28.1 Å². The molecular formula is C15H15FN4O2. The molecule has 0 fully saturated rings. The number of hydrogen-bond donors (Lipinski definition) is 1. The Bertz CT molecular complexity index is 896. The molecule has 0 aliphatic heterocycles. The molecular weight excluding hydrogens is 287 g/mol. The van der Waals surface area contributed by atoms with E-state index >= 15 is 0 Å². The number of carbonyl (C=O) groups is 1. The first kappa shape index (κ1) is 14.2. The lowest BCUT2D eigenvalue weighted by Crippen LogP contribution is -2.25. The SMILES string of the molecule is CC(C)(C)OC(=O)c1c(N)n2nncc2c2cc(F)ccc12. The lowest BCUT2D eigenvalue weighted by atomic mass is 10.0. The van der Waals surface area contributed by atoms with Crippen LogP contribution in [0.25, 0.3) is 16.3 Å². The van der Waals surface area contributed by atoms with Gasteiger partial charge in [-0.05, 0) is 32.9 Å². The number of carbonyl (C=O) groups excluding carboxylic acids is 1. The number of rotatable bonds is 1. The van der Waals surface area contributed by atoms with Crippen LogP contribution in [0.1, 0.15) is 31.1 Å². The van der Waals surface area contributed by atoms with Gasteiger partial charge in [-0.2, -0.15) is 4.52 Å². The van der Waals surface area contributed by atoms with E-state index in [1.54, 1.807) is 20.8 Å². The third-order valence-electron chi connectivity index (χ3n) is 3.16. The molecule has 6 nitrogen and oxygen atoms in total. The van der Waals surface area contributed by atoms with Gasteiger partial charge in [-0.25, -0.2) is 9.18 Å². The second kappa shape index (κ2) is 4.66. The minimum absolute atomic E-state index is 0.112. The summed E-state index contributed by atoms with van der Waals surface area (Å²) in [4.78, 5) is 12.5. The quantitative estimate of drug-likeness (QED) is 0.698. The van der Waals surface area contributed by atoms with E-state index in [1.807, 2.05) is 0 Å². The van der Waals surface area contributed by atoms with Gasteiger partial charge in [0.15, 0.2) is 0 Å². The van der Waals surface area contributed by atoms with Crippen LogP contribution in [0.4, 0.5) is 10.2 Å². The van der Waals surface area contributed by atoms with Crippen LogP contribution in [0.2, 0.25) is 0 Å². The third kappa shape index (κ3) is 2.24. The van der Waals surface area contributed by atoms with Gasteiger partial charge in [0.2, 0.25) is 0 Å². The van der Waals surface area contributed by atoms with Gasteiger partial charge in [0.1, 0.15) is 22.8 Å². The molecule has 2 aromatic heterocycles. The van der Waals surface area contributed by atoms with Crippen molar-refractivity contribution in [3.05, 3.63) is 35.8 Å². The summed E-state index contributed by atoms with van der Waals surface area (Å²) in [6, 6.07) is 4.10. The zero-order valence-corrected chi connectivity index (χ0v) is 12.4. The first-order chi connectivity index (χ1) is 10.3. The molecule has 0 spiro atoms. The maximum Gasteiger partial charge on any atom is 0.343 e. The van der Waals surface area contributed by atoms with Crippen molar-refractivity contribution in [1.29, 1.82) is 0 Å². The average Bonchev–Trinajstić information content (AvgIpc) is 2.87. The van der Waals surface area contributed by atoms with Crippen LogP contribution in [-0.2, 0) is 4.74 Å². The number of esters is 1. The van der Waals surface area contributed by atoms with Gasteiger partial charge in [0.25, 0.3) is 0 Å². The molecule has 3 rings (SSSR count). The summed E-state index contributed by atoms with van der Waals surface area (Å²) in [5, 5.41) is 8.63. The van der Waals surface area contributed by atoms with Crippen LogP contribution in [0, 0.1) is 5.82 Å². The molecule has 0 aliphatic rings. The summed E-state index contributed by atoms with van der Waals surface area (Å²) < 4.78 is 20.3. The summed E-state index contributed by atoms with van der Waals surface area (Å²) >= 11 is 0. The number of anilines is 1. The van der Waals surface area contributed by atoms with Crippen LogP contribution < -0.4 is 5.73 Å². The standard InChI is InChI=1S/C15H15FN4O2/c1-15(2,3)22-14(21)12-9-5-4-8(16)6-10(9)11-7-18-19-20(11)13(12)17/h4-7H,17H2,1-3H3. The lowest BCUT2D eigenvalue weighted by molar-refractivity contribution is 0.00726. The predicted molar refractivity (Wildman–Crippen MR) is 80.0 cm³/mol. The van der Waals surface area contributed by atoms with Gasteiger partial charge in [0.05, 0.1) is 11.7 Å². The number of hydrogen-bond acceptors (Lipinski definition) is 5. The molecule has 0 atom stereocenters. The molecule has 0 bridgehead atoms. The maximum absolute atomic E-state index is 13.6. The lowest BCUT2D eigenvalue weighted by Gasteiger charge is -2.21. The van der Waals surface area contributed by atoms with Crippen LogP contribution in [0.3, 0.4) is 0 Å². The summed E-state index contributed by atoms with van der Waals surface area (Å²) in [5.41, 5.74) is 6.06. The summed E-state index contributed by atoms with van der Waals surface area (Å²) in [7, 11) is 0. The predicted octanol–water partition coefficient (Wildman–Crippen LogP) is 2.56. The minimum atomic E-state index is -0.673. The molecule has 0 saturated heterocycles. The Morgan fingerprint density at radius 1 is 1.32 bits per heavy atom. The van der Waals surface area contributed by atoms with Crippen molar-refractivity contribution in [2.45, 2.75) is 26.4 Å². The van der Waals surface area contributed by atoms with Gasteiger partial charge < -0.3 is 10.5 Å². The zero-order valence-electron chi connectivity index (χ0n) is 12.4. The second-order valence-corrected chi connectivity index (χ2v) is 5.98. The Kier molecular flexibility index (Phi) is 3.01. The van der Waals surface area contributed by atoms with E-state index in [0.717, 1.165) is 0 Å². The van der Waals surface area contributed by atoms with Gasteiger partial charge in [0, 0.05) is 10.8 Å². The average molecular weight is 302 g/mol. The zero-order chi connectivity index (χ0) is 16.1. The van der Waals surface area contributed by atoms with E-state index in [1.165, 1.54) is 28.9 Å². The first-order valence-electron chi connectivity index (χ1n) is 6.72. The highest BCUT2D eigenvalue weighted by molar-refractivity contribution is 6.12. The number of halogens is 1. The normalized spacial score (nSPS) is 12.0. The monoisotopic (exact) mass is 302 g/mol. The molecule has 0 unspecified atom stereocenters. The van der Waals surface area contributed by atoms with Crippen LogP contribution >= 0.6 is 0 Å². The molecule has 7 heteroatoms. The molecule has 0 amide bonds. The number of fused-ring (bicyclic) bond motifs is 3. The summed E-state index contributed by atoms with van der Waals surface area (Å²) in [6.45, 7) is 5.28.